The monoisotopic (exact) mass is 275 g/mol. The van der Waals surface area contributed by atoms with Crippen LogP contribution in [-0.2, 0) is 6.54 Å². The first kappa shape index (κ1) is 14.9. The van der Waals surface area contributed by atoms with Crippen molar-refractivity contribution in [2.24, 2.45) is 0 Å². The van der Waals surface area contributed by atoms with Crippen LogP contribution in [-0.4, -0.2) is 22.5 Å². The second kappa shape index (κ2) is 6.75. The van der Waals surface area contributed by atoms with Gasteiger partial charge >= 0.3 is 0 Å². The molecule has 1 aromatic carbocycles. The molecule has 0 saturated heterocycles. The van der Waals surface area contributed by atoms with Crippen LogP contribution in [0.2, 0.25) is 0 Å². The van der Waals surface area contributed by atoms with Gasteiger partial charge in [0.25, 0.3) is 0 Å². The van der Waals surface area contributed by atoms with Crippen LogP contribution in [0, 0.1) is 0 Å². The van der Waals surface area contributed by atoms with E-state index < -0.39 is 0 Å². The highest BCUT2D eigenvalue weighted by molar-refractivity contribution is 5.76. The lowest BCUT2D eigenvalue weighted by atomic mass is 10.2. The fraction of sp³-hybridized carbons (Fsp3) is 0.562. The van der Waals surface area contributed by atoms with Gasteiger partial charge < -0.3 is 10.2 Å². The highest BCUT2D eigenvalue weighted by Gasteiger charge is 2.15. The van der Waals surface area contributed by atoms with Gasteiger partial charge in [0.15, 0.2) is 5.58 Å². The van der Waals surface area contributed by atoms with Gasteiger partial charge in [-0.25, -0.2) is 4.98 Å². The highest BCUT2D eigenvalue weighted by Crippen LogP contribution is 2.20. The van der Waals surface area contributed by atoms with E-state index in [9.17, 15) is 0 Å². The predicted molar refractivity (Wildman–Crippen MR) is 83.5 cm³/mol. The van der Waals surface area contributed by atoms with Crippen LogP contribution in [0.25, 0.3) is 11.1 Å². The van der Waals surface area contributed by atoms with Gasteiger partial charge in [-0.3, -0.25) is 4.90 Å². The molecule has 1 unspecified atom stereocenters. The molecule has 110 valence electrons. The zero-order valence-corrected chi connectivity index (χ0v) is 12.7. The smallest absolute Gasteiger partial charge is 0.209 e. The third kappa shape index (κ3) is 3.51. The molecule has 2 rings (SSSR count). The molecule has 0 saturated carbocycles. The molecule has 4 heteroatoms. The Balaban J connectivity index is 2.14. The van der Waals surface area contributed by atoms with E-state index in [0.29, 0.717) is 6.04 Å². The van der Waals surface area contributed by atoms with E-state index in [2.05, 4.69) is 30.7 Å². The Bertz CT molecular complexity index is 550. The van der Waals surface area contributed by atoms with E-state index in [4.69, 9.17) is 10.2 Å². The molecule has 0 bridgehead atoms. The quantitative estimate of drug-likeness (QED) is 0.781. The standard InChI is InChI=1S/C16H25N3O/c1-4-6-9-19(12(3)5-2)11-16-18-14-10-13(17)7-8-15(14)20-16/h7-8,10,12H,4-6,9,11,17H2,1-3H3. The minimum atomic E-state index is 0.543. The normalized spacial score (nSPS) is 13.2. The Morgan fingerprint density at radius 3 is 2.85 bits per heavy atom. The number of oxazole rings is 1. The summed E-state index contributed by atoms with van der Waals surface area (Å²) in [5.41, 5.74) is 8.16. The number of anilines is 1. The van der Waals surface area contributed by atoms with Crippen LogP contribution in [0.3, 0.4) is 0 Å². The third-order valence-corrected chi connectivity index (χ3v) is 3.81. The number of unbranched alkanes of at least 4 members (excludes halogenated alkanes) is 1. The van der Waals surface area contributed by atoms with Crippen LogP contribution in [0.4, 0.5) is 5.69 Å². The zero-order valence-electron chi connectivity index (χ0n) is 12.7. The lowest BCUT2D eigenvalue weighted by Gasteiger charge is -2.26. The molecule has 2 aromatic rings. The van der Waals surface area contributed by atoms with E-state index in [1.54, 1.807) is 0 Å². The van der Waals surface area contributed by atoms with Gasteiger partial charge in [0.05, 0.1) is 6.54 Å². The molecule has 0 spiro atoms. The fourth-order valence-corrected chi connectivity index (χ4v) is 2.31. The second-order valence-electron chi connectivity index (χ2n) is 5.42. The molecule has 4 nitrogen and oxygen atoms in total. The summed E-state index contributed by atoms with van der Waals surface area (Å²) in [6, 6.07) is 6.14. The first-order valence-corrected chi connectivity index (χ1v) is 7.53. The summed E-state index contributed by atoms with van der Waals surface area (Å²) in [5, 5.41) is 0. The molecule has 1 heterocycles. The minimum Gasteiger partial charge on any atom is -0.439 e. The molecule has 1 aromatic heterocycles. The van der Waals surface area contributed by atoms with Crippen molar-refractivity contribution in [3.05, 3.63) is 24.1 Å². The number of hydrogen-bond donors (Lipinski definition) is 1. The maximum Gasteiger partial charge on any atom is 0.209 e. The zero-order chi connectivity index (χ0) is 14.5. The summed E-state index contributed by atoms with van der Waals surface area (Å²) < 4.78 is 5.82. The van der Waals surface area contributed by atoms with E-state index in [-0.39, 0.29) is 0 Å². The fourth-order valence-electron chi connectivity index (χ4n) is 2.31. The molecule has 0 aliphatic carbocycles. The van der Waals surface area contributed by atoms with Gasteiger partial charge in [-0.2, -0.15) is 0 Å². The van der Waals surface area contributed by atoms with E-state index in [1.807, 2.05) is 18.2 Å². The van der Waals surface area contributed by atoms with Gasteiger partial charge in [0.1, 0.15) is 5.52 Å². The van der Waals surface area contributed by atoms with Gasteiger partial charge in [-0.1, -0.05) is 20.3 Å². The van der Waals surface area contributed by atoms with Gasteiger partial charge in [-0.05, 0) is 44.5 Å². The van der Waals surface area contributed by atoms with Gasteiger partial charge in [0.2, 0.25) is 5.89 Å². The molecule has 0 fully saturated rings. The second-order valence-corrected chi connectivity index (χ2v) is 5.42. The first-order valence-electron chi connectivity index (χ1n) is 7.53. The van der Waals surface area contributed by atoms with Crippen LogP contribution in [0.15, 0.2) is 22.6 Å². The summed E-state index contributed by atoms with van der Waals surface area (Å²) in [7, 11) is 0. The maximum absolute atomic E-state index is 5.82. The van der Waals surface area contributed by atoms with E-state index in [0.717, 1.165) is 42.2 Å². The van der Waals surface area contributed by atoms with Crippen LogP contribution < -0.4 is 5.73 Å². The number of hydrogen-bond acceptors (Lipinski definition) is 4. The van der Waals surface area contributed by atoms with Crippen molar-refractivity contribution in [1.82, 2.24) is 9.88 Å². The maximum atomic E-state index is 5.82. The van der Waals surface area contributed by atoms with Crippen molar-refractivity contribution in [1.29, 1.82) is 0 Å². The molecule has 0 amide bonds. The Labute approximate surface area is 121 Å². The first-order chi connectivity index (χ1) is 9.63. The Morgan fingerprint density at radius 2 is 2.15 bits per heavy atom. The van der Waals surface area contributed by atoms with E-state index >= 15 is 0 Å². The number of fused-ring (bicyclic) bond motifs is 1. The van der Waals surface area contributed by atoms with Crippen molar-refractivity contribution in [3.8, 4) is 0 Å². The third-order valence-electron chi connectivity index (χ3n) is 3.81. The van der Waals surface area contributed by atoms with Crippen LogP contribution in [0.1, 0.15) is 45.9 Å². The summed E-state index contributed by atoms with van der Waals surface area (Å²) in [4.78, 5) is 6.99. The van der Waals surface area contributed by atoms with Crippen molar-refractivity contribution in [2.45, 2.75) is 52.6 Å². The molecule has 0 aliphatic heterocycles. The number of rotatable bonds is 7. The van der Waals surface area contributed by atoms with Gasteiger partial charge in [-0.15, -0.1) is 0 Å². The minimum absolute atomic E-state index is 0.543. The molecule has 0 radical (unpaired) electrons. The SMILES string of the molecule is CCCCN(Cc1nc2cc(N)ccc2o1)C(C)CC. The van der Waals surface area contributed by atoms with Crippen LogP contribution in [0.5, 0.6) is 0 Å². The average Bonchev–Trinajstić information content (AvgIpc) is 2.84. The summed E-state index contributed by atoms with van der Waals surface area (Å²) in [5.74, 6) is 0.780. The number of benzene rings is 1. The molecule has 2 N–H and O–H groups in total. The Morgan fingerprint density at radius 1 is 1.35 bits per heavy atom. The summed E-state index contributed by atoms with van der Waals surface area (Å²) >= 11 is 0. The molecule has 20 heavy (non-hydrogen) atoms. The summed E-state index contributed by atoms with van der Waals surface area (Å²) in [6.07, 6.45) is 3.55. The predicted octanol–water partition coefficient (Wildman–Crippen LogP) is 3.81. The lowest BCUT2D eigenvalue weighted by molar-refractivity contribution is 0.176. The van der Waals surface area contributed by atoms with Crippen molar-refractivity contribution < 1.29 is 4.42 Å². The Kier molecular flexibility index (Phi) is 5.01. The number of aromatic nitrogens is 1. The molecule has 0 aliphatic rings. The average molecular weight is 275 g/mol. The Hall–Kier alpha value is -1.55. The number of nitrogens with zero attached hydrogens (tertiary/aromatic N) is 2. The van der Waals surface area contributed by atoms with Crippen molar-refractivity contribution in [3.63, 3.8) is 0 Å². The van der Waals surface area contributed by atoms with E-state index in [1.165, 1.54) is 12.8 Å². The van der Waals surface area contributed by atoms with Gasteiger partial charge in [0, 0.05) is 11.7 Å². The number of nitrogen functional groups attached to an aromatic ring is 1. The van der Waals surface area contributed by atoms with Crippen LogP contribution >= 0.6 is 0 Å². The lowest BCUT2D eigenvalue weighted by Crippen LogP contribution is -2.33. The summed E-state index contributed by atoms with van der Waals surface area (Å²) in [6.45, 7) is 8.56. The topological polar surface area (TPSA) is 55.3 Å². The number of nitrogens with two attached hydrogens (primary N) is 1. The molecular weight excluding hydrogens is 250 g/mol. The molecular formula is C16H25N3O. The molecule has 1 atom stereocenters. The van der Waals surface area contributed by atoms with Crippen molar-refractivity contribution >= 4 is 16.8 Å². The highest BCUT2D eigenvalue weighted by atomic mass is 16.3. The largest absolute Gasteiger partial charge is 0.439 e. The van der Waals surface area contributed by atoms with Crippen molar-refractivity contribution in [2.75, 3.05) is 12.3 Å².